The van der Waals surface area contributed by atoms with Crippen molar-refractivity contribution in [1.29, 1.82) is 0 Å². The maximum absolute atomic E-state index is 13.1. The Hall–Kier alpha value is -1.92. The number of hydrogen-bond acceptors (Lipinski definition) is 5. The van der Waals surface area contributed by atoms with Crippen LogP contribution in [0, 0.1) is 0 Å². The smallest absolute Gasteiger partial charge is 0.306 e. The molecule has 3 atom stereocenters. The summed E-state index contributed by atoms with van der Waals surface area (Å²) in [6.07, 6.45) is 46.3. The normalized spacial score (nSPS) is 13.7. The number of carbonyl (C=O) groups is 2. The fourth-order valence-corrected chi connectivity index (χ4v) is 6.80. The van der Waals surface area contributed by atoms with Crippen LogP contribution in [0.3, 0.4) is 0 Å². The Kier molecular flexibility index (Phi) is 39.8. The molecule has 3 unspecified atom stereocenters. The zero-order chi connectivity index (χ0) is 38.9. The SMILES string of the molecule is CC/C=C/C/C=C/C/C=C/CCCCC(CC(=O)NC(CO)C(O)CCCCCCCCCCCCCC)OC(=O)CCCCCCCCCCCC. The molecule has 6 heteroatoms. The number of ether oxygens (including phenoxy) is 1. The van der Waals surface area contributed by atoms with Gasteiger partial charge in [-0.25, -0.2) is 0 Å². The van der Waals surface area contributed by atoms with Crippen LogP contribution in [-0.4, -0.2) is 46.9 Å². The van der Waals surface area contributed by atoms with Crippen LogP contribution < -0.4 is 5.32 Å². The van der Waals surface area contributed by atoms with E-state index in [9.17, 15) is 19.8 Å². The summed E-state index contributed by atoms with van der Waals surface area (Å²) in [5.41, 5.74) is 0. The summed E-state index contributed by atoms with van der Waals surface area (Å²) in [4.78, 5) is 25.9. The average Bonchev–Trinajstić information content (AvgIpc) is 3.15. The molecule has 0 spiro atoms. The number of carbonyl (C=O) groups excluding carboxylic acids is 2. The van der Waals surface area contributed by atoms with Gasteiger partial charge in [0.25, 0.3) is 0 Å². The maximum atomic E-state index is 13.1. The van der Waals surface area contributed by atoms with E-state index in [0.717, 1.165) is 77.0 Å². The lowest BCUT2D eigenvalue weighted by atomic mass is 10.0. The van der Waals surface area contributed by atoms with Gasteiger partial charge in [0.15, 0.2) is 0 Å². The van der Waals surface area contributed by atoms with Gasteiger partial charge in [-0.05, 0) is 57.8 Å². The van der Waals surface area contributed by atoms with Crippen LogP contribution in [0.2, 0.25) is 0 Å². The van der Waals surface area contributed by atoms with Crippen molar-refractivity contribution >= 4 is 11.9 Å². The van der Waals surface area contributed by atoms with E-state index < -0.39 is 18.2 Å². The van der Waals surface area contributed by atoms with Crippen molar-refractivity contribution in [2.24, 2.45) is 0 Å². The van der Waals surface area contributed by atoms with Crippen molar-refractivity contribution in [1.82, 2.24) is 5.32 Å². The van der Waals surface area contributed by atoms with Crippen molar-refractivity contribution in [3.63, 3.8) is 0 Å². The van der Waals surface area contributed by atoms with Crippen molar-refractivity contribution in [2.75, 3.05) is 6.61 Å². The van der Waals surface area contributed by atoms with Crippen LogP contribution in [0.4, 0.5) is 0 Å². The van der Waals surface area contributed by atoms with E-state index in [1.54, 1.807) is 0 Å². The van der Waals surface area contributed by atoms with Gasteiger partial charge in [-0.2, -0.15) is 0 Å². The van der Waals surface area contributed by atoms with Crippen LogP contribution in [-0.2, 0) is 14.3 Å². The van der Waals surface area contributed by atoms with E-state index in [-0.39, 0.29) is 24.9 Å². The molecule has 0 rings (SSSR count). The summed E-state index contributed by atoms with van der Waals surface area (Å²) >= 11 is 0. The Labute approximate surface area is 328 Å². The van der Waals surface area contributed by atoms with E-state index in [0.29, 0.717) is 19.3 Å². The van der Waals surface area contributed by atoms with Gasteiger partial charge in [-0.15, -0.1) is 0 Å². The molecular weight excluding hydrogens is 659 g/mol. The zero-order valence-corrected chi connectivity index (χ0v) is 35.1. The van der Waals surface area contributed by atoms with Gasteiger partial charge < -0.3 is 20.3 Å². The van der Waals surface area contributed by atoms with Crippen LogP contribution >= 0.6 is 0 Å². The molecule has 0 aliphatic carbocycles. The number of hydrogen-bond donors (Lipinski definition) is 3. The van der Waals surface area contributed by atoms with E-state index in [2.05, 4.69) is 62.5 Å². The van der Waals surface area contributed by atoms with Crippen LogP contribution in [0.1, 0.15) is 226 Å². The Morgan fingerprint density at radius 1 is 0.566 bits per heavy atom. The predicted octanol–water partition coefficient (Wildman–Crippen LogP) is 12.9. The molecule has 0 aliphatic rings. The van der Waals surface area contributed by atoms with Gasteiger partial charge in [0.1, 0.15) is 6.10 Å². The third kappa shape index (κ3) is 36.8. The lowest BCUT2D eigenvalue weighted by Gasteiger charge is -2.24. The number of rotatable bonds is 40. The van der Waals surface area contributed by atoms with Gasteiger partial charge in [0.05, 0.1) is 25.2 Å². The number of aliphatic hydroxyl groups is 2. The minimum atomic E-state index is -0.793. The van der Waals surface area contributed by atoms with Gasteiger partial charge in [-0.1, -0.05) is 192 Å². The molecule has 0 saturated heterocycles. The second-order valence-electron chi connectivity index (χ2n) is 15.4. The molecule has 0 saturated carbocycles. The monoisotopic (exact) mass is 746 g/mol. The Bertz CT molecular complexity index is 884. The second-order valence-corrected chi connectivity index (χ2v) is 15.4. The summed E-state index contributed by atoms with van der Waals surface area (Å²) in [6.45, 7) is 6.33. The Morgan fingerprint density at radius 2 is 1.02 bits per heavy atom. The highest BCUT2D eigenvalue weighted by Crippen LogP contribution is 2.17. The lowest BCUT2D eigenvalue weighted by molar-refractivity contribution is -0.151. The first kappa shape index (κ1) is 51.1. The molecule has 1 amide bonds. The maximum Gasteiger partial charge on any atom is 0.306 e. The van der Waals surface area contributed by atoms with E-state index in [1.165, 1.54) is 103 Å². The van der Waals surface area contributed by atoms with Crippen LogP contribution in [0.15, 0.2) is 36.5 Å². The number of aliphatic hydroxyl groups excluding tert-OH is 2. The highest BCUT2D eigenvalue weighted by Gasteiger charge is 2.24. The number of nitrogens with one attached hydrogen (secondary N) is 1. The number of allylic oxidation sites excluding steroid dienone is 6. The average molecular weight is 746 g/mol. The Morgan fingerprint density at radius 3 is 1.53 bits per heavy atom. The third-order valence-electron chi connectivity index (χ3n) is 10.2. The molecule has 0 aromatic heterocycles. The van der Waals surface area contributed by atoms with Gasteiger partial charge >= 0.3 is 5.97 Å². The molecule has 0 aromatic carbocycles. The standard InChI is InChI=1S/C47H87NO5/c1-4-7-10-13-16-19-22-24-26-29-32-35-38-43(53-47(52)40-37-34-31-28-21-18-15-12-9-6-3)41-46(51)48-44(42-49)45(50)39-36-33-30-27-25-23-20-17-14-11-8-5-2/h7,10,16,19,24,26,43-45,49-50H,4-6,8-9,11-15,17-18,20-23,25,27-42H2,1-3H3,(H,48,51)/b10-7+,19-16+,26-24+. The highest BCUT2D eigenvalue weighted by atomic mass is 16.5. The highest BCUT2D eigenvalue weighted by molar-refractivity contribution is 5.77. The first-order valence-corrected chi connectivity index (χ1v) is 22.7. The molecular formula is C47H87NO5. The second kappa shape index (κ2) is 41.2. The molecule has 6 nitrogen and oxygen atoms in total. The number of amides is 1. The van der Waals surface area contributed by atoms with E-state index >= 15 is 0 Å². The van der Waals surface area contributed by atoms with E-state index in [4.69, 9.17) is 4.74 Å². The molecule has 53 heavy (non-hydrogen) atoms. The summed E-state index contributed by atoms with van der Waals surface area (Å²) < 4.78 is 5.87. The van der Waals surface area contributed by atoms with Gasteiger partial charge in [0, 0.05) is 6.42 Å². The Balaban J connectivity index is 4.63. The molecule has 0 aliphatic heterocycles. The van der Waals surface area contributed by atoms with Crippen molar-refractivity contribution in [3.8, 4) is 0 Å². The summed E-state index contributed by atoms with van der Waals surface area (Å²) in [5.74, 6) is -0.511. The first-order chi connectivity index (χ1) is 26.0. The van der Waals surface area contributed by atoms with E-state index in [1.807, 2.05) is 0 Å². The topological polar surface area (TPSA) is 95.9 Å². The van der Waals surface area contributed by atoms with Crippen molar-refractivity contribution < 1.29 is 24.5 Å². The van der Waals surface area contributed by atoms with Gasteiger partial charge in [0.2, 0.25) is 5.91 Å². The molecule has 0 aromatic rings. The van der Waals surface area contributed by atoms with Crippen LogP contribution in [0.5, 0.6) is 0 Å². The van der Waals surface area contributed by atoms with Crippen LogP contribution in [0.25, 0.3) is 0 Å². The molecule has 0 radical (unpaired) electrons. The summed E-state index contributed by atoms with van der Waals surface area (Å²) in [5, 5.41) is 23.6. The first-order valence-electron chi connectivity index (χ1n) is 22.7. The zero-order valence-electron chi connectivity index (χ0n) is 35.1. The largest absolute Gasteiger partial charge is 0.462 e. The van der Waals surface area contributed by atoms with Gasteiger partial charge in [-0.3, -0.25) is 9.59 Å². The molecule has 310 valence electrons. The fourth-order valence-electron chi connectivity index (χ4n) is 6.80. The van der Waals surface area contributed by atoms with Crippen molar-refractivity contribution in [3.05, 3.63) is 36.5 Å². The number of unbranched alkanes of at least 4 members (excludes halogenated alkanes) is 22. The molecule has 0 bridgehead atoms. The molecule has 3 N–H and O–H groups in total. The predicted molar refractivity (Wildman–Crippen MR) is 227 cm³/mol. The van der Waals surface area contributed by atoms with Crippen molar-refractivity contribution in [2.45, 2.75) is 244 Å². The summed E-state index contributed by atoms with van der Waals surface area (Å²) in [7, 11) is 0. The molecule has 0 fully saturated rings. The molecule has 0 heterocycles. The minimum absolute atomic E-state index is 0.0543. The fraction of sp³-hybridized carbons (Fsp3) is 0.830. The minimum Gasteiger partial charge on any atom is -0.462 e. The quantitative estimate of drug-likeness (QED) is 0.0330. The summed E-state index contributed by atoms with van der Waals surface area (Å²) in [6, 6.07) is -0.708. The number of esters is 1. The third-order valence-corrected chi connectivity index (χ3v) is 10.2. The lowest BCUT2D eigenvalue weighted by Crippen LogP contribution is -2.46.